The molecule has 1 unspecified atom stereocenters. The highest BCUT2D eigenvalue weighted by Gasteiger charge is 2.62. The molecular formula is C30H25N5O2. The fraction of sp³-hybridized carbons (Fsp3) is 0.167. The minimum absolute atomic E-state index is 0.0589. The van der Waals surface area contributed by atoms with Crippen LogP contribution in [0.15, 0.2) is 95.5 Å². The topological polar surface area (TPSA) is 102 Å². The summed E-state index contributed by atoms with van der Waals surface area (Å²) in [5, 5.41) is 13.4. The van der Waals surface area contributed by atoms with Crippen molar-refractivity contribution in [2.75, 3.05) is 16.8 Å². The van der Waals surface area contributed by atoms with E-state index in [1.807, 2.05) is 86.6 Å². The Kier molecular flexibility index (Phi) is 4.95. The molecule has 7 heteroatoms. The summed E-state index contributed by atoms with van der Waals surface area (Å²) in [6.07, 6.45) is 0. The molecule has 6 rings (SSSR count). The maximum absolute atomic E-state index is 14.2. The Labute approximate surface area is 215 Å². The molecule has 0 bridgehead atoms. The summed E-state index contributed by atoms with van der Waals surface area (Å²) in [5.74, 6) is -0.553. The summed E-state index contributed by atoms with van der Waals surface area (Å²) in [5.41, 5.74) is 11.0. The fourth-order valence-electron chi connectivity index (χ4n) is 5.72. The van der Waals surface area contributed by atoms with Gasteiger partial charge in [-0.15, -0.1) is 0 Å². The van der Waals surface area contributed by atoms with Gasteiger partial charge in [0.25, 0.3) is 5.91 Å². The lowest BCUT2D eigenvalue weighted by atomic mass is 9.67. The van der Waals surface area contributed by atoms with Crippen molar-refractivity contribution >= 4 is 23.2 Å². The van der Waals surface area contributed by atoms with E-state index in [1.54, 1.807) is 9.80 Å². The van der Waals surface area contributed by atoms with Crippen molar-refractivity contribution in [3.63, 3.8) is 0 Å². The molecule has 3 aromatic carbocycles. The van der Waals surface area contributed by atoms with Crippen LogP contribution in [-0.4, -0.2) is 23.3 Å². The monoisotopic (exact) mass is 487 g/mol. The van der Waals surface area contributed by atoms with E-state index in [9.17, 15) is 14.9 Å². The average Bonchev–Trinajstić information content (AvgIpc) is 3.35. The van der Waals surface area contributed by atoms with E-state index >= 15 is 0 Å². The molecule has 0 aliphatic carbocycles. The molecular weight excluding hydrogens is 462 g/mol. The quantitative estimate of drug-likeness (QED) is 0.581. The van der Waals surface area contributed by atoms with Gasteiger partial charge >= 0.3 is 0 Å². The van der Waals surface area contributed by atoms with Crippen LogP contribution in [0.4, 0.5) is 11.4 Å². The lowest BCUT2D eigenvalue weighted by Crippen LogP contribution is -2.48. The number of carbonyl (C=O) groups is 2. The number of nitriles is 1. The molecule has 3 heterocycles. The summed E-state index contributed by atoms with van der Waals surface area (Å²) in [6.45, 7) is 4.54. The first-order valence-electron chi connectivity index (χ1n) is 12.1. The molecule has 3 N–H and O–H groups in total. The maximum atomic E-state index is 14.2. The van der Waals surface area contributed by atoms with Crippen molar-refractivity contribution in [1.82, 2.24) is 4.90 Å². The highest BCUT2D eigenvalue weighted by Crippen LogP contribution is 2.55. The van der Waals surface area contributed by atoms with E-state index in [-0.39, 0.29) is 29.4 Å². The largest absolute Gasteiger partial charge is 0.384 e. The summed E-state index contributed by atoms with van der Waals surface area (Å²) in [7, 11) is 0. The number of benzene rings is 3. The van der Waals surface area contributed by atoms with Gasteiger partial charge in [0, 0.05) is 23.5 Å². The van der Waals surface area contributed by atoms with E-state index in [4.69, 9.17) is 5.73 Å². The van der Waals surface area contributed by atoms with Crippen LogP contribution in [0.2, 0.25) is 0 Å². The van der Waals surface area contributed by atoms with Crippen molar-refractivity contribution in [3.05, 3.63) is 118 Å². The Morgan fingerprint density at radius 1 is 1.00 bits per heavy atom. The number of fused-ring (bicyclic) bond motifs is 3. The Morgan fingerprint density at radius 3 is 2.41 bits per heavy atom. The second kappa shape index (κ2) is 8.10. The van der Waals surface area contributed by atoms with Gasteiger partial charge in [-0.2, -0.15) is 5.26 Å². The molecule has 0 radical (unpaired) electrons. The number of hydrogen-bond acceptors (Lipinski definition) is 5. The molecule has 3 aromatic rings. The van der Waals surface area contributed by atoms with Crippen LogP contribution in [0.1, 0.15) is 22.3 Å². The SMILES string of the molecule is Cc1ccc(N2C(N)=C(C#N)C3(C(=O)Nc4ccc(C)cc43)C3=C2CN(Cc2ccccc2)C3=O)cc1. The van der Waals surface area contributed by atoms with Gasteiger partial charge in [0.1, 0.15) is 17.3 Å². The number of nitrogens with zero attached hydrogens (tertiary/aromatic N) is 3. The molecule has 0 saturated heterocycles. The number of nitrogens with one attached hydrogen (secondary N) is 1. The molecule has 3 aliphatic rings. The smallest absolute Gasteiger partial charge is 0.254 e. The highest BCUT2D eigenvalue weighted by atomic mass is 16.2. The summed E-state index contributed by atoms with van der Waals surface area (Å²) in [6, 6.07) is 25.3. The van der Waals surface area contributed by atoms with Crippen LogP contribution in [0.3, 0.4) is 0 Å². The van der Waals surface area contributed by atoms with Gasteiger partial charge in [0.15, 0.2) is 0 Å². The van der Waals surface area contributed by atoms with Crippen molar-refractivity contribution in [2.45, 2.75) is 25.8 Å². The third kappa shape index (κ3) is 3.12. The van der Waals surface area contributed by atoms with Gasteiger partial charge in [-0.3, -0.25) is 14.5 Å². The number of rotatable bonds is 3. The van der Waals surface area contributed by atoms with Gasteiger partial charge in [-0.1, -0.05) is 65.7 Å². The zero-order valence-electron chi connectivity index (χ0n) is 20.6. The predicted molar refractivity (Wildman–Crippen MR) is 141 cm³/mol. The minimum atomic E-state index is -1.61. The normalized spacial score (nSPS) is 20.4. The van der Waals surface area contributed by atoms with E-state index < -0.39 is 11.3 Å². The lowest BCUT2D eigenvalue weighted by Gasteiger charge is -2.39. The van der Waals surface area contributed by atoms with Gasteiger partial charge in [0.2, 0.25) is 5.91 Å². The van der Waals surface area contributed by atoms with Crippen LogP contribution in [-0.2, 0) is 21.5 Å². The number of hydrogen-bond donors (Lipinski definition) is 2. The van der Waals surface area contributed by atoms with Crippen LogP contribution in [0, 0.1) is 25.2 Å². The standard InChI is InChI=1S/C30H25N5O2/c1-18-8-11-21(12-9-18)35-25-17-34(16-20-6-4-3-5-7-20)28(36)26(25)30(23(15-31)27(35)32)22-14-19(2)10-13-24(22)33-29(30)37/h3-14H,16-17,32H2,1-2H3,(H,33,37). The predicted octanol–water partition coefficient (Wildman–Crippen LogP) is 4.00. The fourth-order valence-corrected chi connectivity index (χ4v) is 5.72. The van der Waals surface area contributed by atoms with Crippen LogP contribution >= 0.6 is 0 Å². The van der Waals surface area contributed by atoms with Crippen LogP contribution in [0.25, 0.3) is 0 Å². The second-order valence-electron chi connectivity index (χ2n) is 9.76. The third-order valence-corrected chi connectivity index (χ3v) is 7.44. The molecule has 0 saturated carbocycles. The first-order chi connectivity index (χ1) is 17.9. The molecule has 182 valence electrons. The zero-order chi connectivity index (χ0) is 25.9. The zero-order valence-corrected chi connectivity index (χ0v) is 20.6. The van der Waals surface area contributed by atoms with E-state index in [0.717, 1.165) is 22.4 Å². The number of carbonyl (C=O) groups excluding carboxylic acids is 2. The van der Waals surface area contributed by atoms with Crippen LogP contribution in [0.5, 0.6) is 0 Å². The average molecular weight is 488 g/mol. The van der Waals surface area contributed by atoms with Crippen LogP contribution < -0.4 is 16.0 Å². The number of aryl methyl sites for hydroxylation is 2. The molecule has 7 nitrogen and oxygen atoms in total. The van der Waals surface area contributed by atoms with Crippen molar-refractivity contribution in [2.24, 2.45) is 5.73 Å². The third-order valence-electron chi connectivity index (χ3n) is 7.44. The molecule has 3 aliphatic heterocycles. The lowest BCUT2D eigenvalue weighted by molar-refractivity contribution is -0.128. The van der Waals surface area contributed by atoms with Gasteiger partial charge in [-0.25, -0.2) is 0 Å². The summed E-state index contributed by atoms with van der Waals surface area (Å²) in [4.78, 5) is 31.6. The molecule has 0 fully saturated rings. The van der Waals surface area contributed by atoms with E-state index in [2.05, 4.69) is 11.4 Å². The van der Waals surface area contributed by atoms with Crippen molar-refractivity contribution < 1.29 is 9.59 Å². The molecule has 37 heavy (non-hydrogen) atoms. The Morgan fingerprint density at radius 2 is 1.70 bits per heavy atom. The van der Waals surface area contributed by atoms with Crippen molar-refractivity contribution in [1.29, 1.82) is 5.26 Å². The van der Waals surface area contributed by atoms with E-state index in [0.29, 0.717) is 23.5 Å². The maximum Gasteiger partial charge on any atom is 0.254 e. The van der Waals surface area contributed by atoms with E-state index in [1.165, 1.54) is 0 Å². The first kappa shape index (κ1) is 22.6. The molecule has 1 atom stereocenters. The second-order valence-corrected chi connectivity index (χ2v) is 9.76. The van der Waals surface area contributed by atoms with Gasteiger partial charge in [-0.05, 0) is 37.6 Å². The number of nitrogens with two attached hydrogens (primary N) is 1. The van der Waals surface area contributed by atoms with Gasteiger partial charge < -0.3 is 16.0 Å². The Balaban J connectivity index is 1.61. The Bertz CT molecular complexity index is 1580. The number of anilines is 2. The van der Waals surface area contributed by atoms with Crippen molar-refractivity contribution in [3.8, 4) is 6.07 Å². The number of amides is 2. The summed E-state index contributed by atoms with van der Waals surface area (Å²) < 4.78 is 0. The molecule has 1 spiro atoms. The summed E-state index contributed by atoms with van der Waals surface area (Å²) >= 11 is 0. The van der Waals surface area contributed by atoms with Gasteiger partial charge in [0.05, 0.1) is 23.4 Å². The highest BCUT2D eigenvalue weighted by molar-refractivity contribution is 6.20. The first-order valence-corrected chi connectivity index (χ1v) is 12.1. The molecule has 2 amide bonds. The molecule has 0 aromatic heterocycles. The Hall–Kier alpha value is -4.83. The minimum Gasteiger partial charge on any atom is -0.384 e.